The first-order chi connectivity index (χ1) is 10.3. The zero-order chi connectivity index (χ0) is 15.6. The minimum absolute atomic E-state index is 0.339. The van der Waals surface area contributed by atoms with E-state index in [1.54, 1.807) is 0 Å². The molecule has 0 amide bonds. The zero-order valence-electron chi connectivity index (χ0n) is 14.4. The van der Waals surface area contributed by atoms with E-state index in [0.29, 0.717) is 13.2 Å². The first-order valence-corrected chi connectivity index (χ1v) is 9.29. The lowest BCUT2D eigenvalue weighted by atomic mass is 10.1. The van der Waals surface area contributed by atoms with Crippen LogP contribution < -0.4 is 0 Å². The fraction of sp³-hybridized carbons (Fsp3) is 1.00. The van der Waals surface area contributed by atoms with Gasteiger partial charge >= 0.3 is 0 Å². The number of hydrogen-bond donors (Lipinski definition) is 2. The van der Waals surface area contributed by atoms with Crippen molar-refractivity contribution in [1.29, 1.82) is 0 Å². The number of unbranched alkanes of at least 4 members (excludes halogenated alkanes) is 9. The molecule has 3 heteroatoms. The molecule has 2 N–H and O–H groups in total. The fourth-order valence-corrected chi connectivity index (χ4v) is 2.70. The Balaban J connectivity index is 3.69. The Morgan fingerprint density at radius 1 is 0.524 bits per heavy atom. The Kier molecular flexibility index (Phi) is 17.8. The zero-order valence-corrected chi connectivity index (χ0v) is 14.4. The standard InChI is InChI=1S/C18H39NO2/c1-2-3-4-9-14-19(15-10-5-7-12-17-20)16-11-6-8-13-18-21/h20-21H,2-18H2,1H3. The molecule has 0 aliphatic heterocycles. The SMILES string of the molecule is CCCCCCN(CCCCCCO)CCCCCCO. The van der Waals surface area contributed by atoms with Crippen LogP contribution in [0.5, 0.6) is 0 Å². The van der Waals surface area contributed by atoms with Gasteiger partial charge in [-0.3, -0.25) is 0 Å². The predicted molar refractivity (Wildman–Crippen MR) is 91.7 cm³/mol. The van der Waals surface area contributed by atoms with E-state index in [9.17, 15) is 0 Å². The molecule has 0 aromatic rings. The van der Waals surface area contributed by atoms with Gasteiger partial charge in [-0.05, 0) is 51.7 Å². The Morgan fingerprint density at radius 2 is 0.905 bits per heavy atom. The van der Waals surface area contributed by atoms with Gasteiger partial charge in [-0.15, -0.1) is 0 Å². The summed E-state index contributed by atoms with van der Waals surface area (Å²) in [5.74, 6) is 0. The van der Waals surface area contributed by atoms with Crippen LogP contribution in [0.25, 0.3) is 0 Å². The minimum atomic E-state index is 0.339. The molecule has 21 heavy (non-hydrogen) atoms. The van der Waals surface area contributed by atoms with Crippen molar-refractivity contribution >= 4 is 0 Å². The van der Waals surface area contributed by atoms with Gasteiger partial charge in [0.15, 0.2) is 0 Å². The highest BCUT2D eigenvalue weighted by Gasteiger charge is 2.04. The molecule has 3 nitrogen and oxygen atoms in total. The average Bonchev–Trinajstić information content (AvgIpc) is 2.50. The van der Waals surface area contributed by atoms with Gasteiger partial charge in [-0.1, -0.05) is 51.9 Å². The summed E-state index contributed by atoms with van der Waals surface area (Å²) in [5, 5.41) is 17.6. The molecular formula is C18H39NO2. The summed E-state index contributed by atoms with van der Waals surface area (Å²) in [5.41, 5.74) is 0. The van der Waals surface area contributed by atoms with Gasteiger partial charge < -0.3 is 15.1 Å². The highest BCUT2D eigenvalue weighted by atomic mass is 16.3. The second-order valence-corrected chi connectivity index (χ2v) is 6.18. The highest BCUT2D eigenvalue weighted by Crippen LogP contribution is 2.08. The van der Waals surface area contributed by atoms with Crippen molar-refractivity contribution in [3.8, 4) is 0 Å². The molecule has 0 bridgehead atoms. The monoisotopic (exact) mass is 301 g/mol. The van der Waals surface area contributed by atoms with Crippen LogP contribution in [-0.4, -0.2) is 48.0 Å². The van der Waals surface area contributed by atoms with Gasteiger partial charge in [0.05, 0.1) is 0 Å². The van der Waals surface area contributed by atoms with Crippen molar-refractivity contribution in [2.45, 2.75) is 84.0 Å². The summed E-state index contributed by atoms with van der Waals surface area (Å²) in [6, 6.07) is 0. The third kappa shape index (κ3) is 16.1. The van der Waals surface area contributed by atoms with Crippen molar-refractivity contribution in [1.82, 2.24) is 4.90 Å². The van der Waals surface area contributed by atoms with E-state index in [1.165, 1.54) is 71.0 Å². The molecule has 0 atom stereocenters. The molecule has 0 spiro atoms. The van der Waals surface area contributed by atoms with Crippen LogP contribution in [0, 0.1) is 0 Å². The van der Waals surface area contributed by atoms with Crippen molar-refractivity contribution in [2.75, 3.05) is 32.8 Å². The number of aliphatic hydroxyl groups is 2. The van der Waals surface area contributed by atoms with Crippen molar-refractivity contribution in [3.05, 3.63) is 0 Å². The van der Waals surface area contributed by atoms with Crippen molar-refractivity contribution < 1.29 is 10.2 Å². The fourth-order valence-electron chi connectivity index (χ4n) is 2.70. The molecule has 0 aromatic heterocycles. The largest absolute Gasteiger partial charge is 0.396 e. The van der Waals surface area contributed by atoms with E-state index in [2.05, 4.69) is 11.8 Å². The van der Waals surface area contributed by atoms with E-state index in [1.807, 2.05) is 0 Å². The topological polar surface area (TPSA) is 43.7 Å². The molecule has 0 radical (unpaired) electrons. The molecule has 0 saturated carbocycles. The molecular weight excluding hydrogens is 262 g/mol. The van der Waals surface area contributed by atoms with E-state index in [-0.39, 0.29) is 0 Å². The quantitative estimate of drug-likeness (QED) is 0.399. The van der Waals surface area contributed by atoms with Crippen LogP contribution in [0.4, 0.5) is 0 Å². The van der Waals surface area contributed by atoms with Gasteiger partial charge in [0.1, 0.15) is 0 Å². The molecule has 0 aliphatic carbocycles. The minimum Gasteiger partial charge on any atom is -0.396 e. The maximum atomic E-state index is 8.80. The summed E-state index contributed by atoms with van der Waals surface area (Å²) < 4.78 is 0. The molecule has 128 valence electrons. The molecule has 0 fully saturated rings. The summed E-state index contributed by atoms with van der Waals surface area (Å²) in [4.78, 5) is 2.63. The third-order valence-electron chi connectivity index (χ3n) is 4.09. The Hall–Kier alpha value is -0.120. The maximum Gasteiger partial charge on any atom is 0.0431 e. The highest BCUT2D eigenvalue weighted by molar-refractivity contribution is 4.60. The maximum absolute atomic E-state index is 8.80. The van der Waals surface area contributed by atoms with Gasteiger partial charge in [0, 0.05) is 13.2 Å². The van der Waals surface area contributed by atoms with Crippen LogP contribution in [0.2, 0.25) is 0 Å². The molecule has 0 saturated heterocycles. The molecule has 0 aliphatic rings. The Labute approximate surface area is 132 Å². The average molecular weight is 302 g/mol. The third-order valence-corrected chi connectivity index (χ3v) is 4.09. The van der Waals surface area contributed by atoms with Crippen LogP contribution in [-0.2, 0) is 0 Å². The van der Waals surface area contributed by atoms with E-state index in [0.717, 1.165) is 25.7 Å². The predicted octanol–water partition coefficient (Wildman–Crippen LogP) is 3.97. The molecule has 0 heterocycles. The summed E-state index contributed by atoms with van der Waals surface area (Å²) in [6.07, 6.45) is 14.6. The van der Waals surface area contributed by atoms with Gasteiger partial charge in [0.2, 0.25) is 0 Å². The number of rotatable bonds is 17. The summed E-state index contributed by atoms with van der Waals surface area (Å²) >= 11 is 0. The van der Waals surface area contributed by atoms with Gasteiger partial charge in [0.25, 0.3) is 0 Å². The number of nitrogens with zero attached hydrogens (tertiary/aromatic N) is 1. The molecule has 0 aromatic carbocycles. The molecule has 0 rings (SSSR count). The summed E-state index contributed by atoms with van der Waals surface area (Å²) in [6.45, 7) is 6.63. The second kappa shape index (κ2) is 17.9. The number of aliphatic hydroxyl groups excluding tert-OH is 2. The van der Waals surface area contributed by atoms with Crippen LogP contribution in [0.3, 0.4) is 0 Å². The van der Waals surface area contributed by atoms with Crippen molar-refractivity contribution in [3.63, 3.8) is 0 Å². The lowest BCUT2D eigenvalue weighted by Crippen LogP contribution is -2.27. The van der Waals surface area contributed by atoms with Crippen LogP contribution >= 0.6 is 0 Å². The first-order valence-electron chi connectivity index (χ1n) is 9.29. The second-order valence-electron chi connectivity index (χ2n) is 6.18. The Morgan fingerprint density at radius 3 is 1.29 bits per heavy atom. The summed E-state index contributed by atoms with van der Waals surface area (Å²) in [7, 11) is 0. The van der Waals surface area contributed by atoms with Crippen molar-refractivity contribution in [2.24, 2.45) is 0 Å². The van der Waals surface area contributed by atoms with E-state index < -0.39 is 0 Å². The van der Waals surface area contributed by atoms with Crippen LogP contribution in [0.1, 0.15) is 84.0 Å². The van der Waals surface area contributed by atoms with Crippen LogP contribution in [0.15, 0.2) is 0 Å². The number of hydrogen-bond acceptors (Lipinski definition) is 3. The van der Waals surface area contributed by atoms with Gasteiger partial charge in [-0.25, -0.2) is 0 Å². The first kappa shape index (κ1) is 20.9. The van der Waals surface area contributed by atoms with E-state index in [4.69, 9.17) is 10.2 Å². The lowest BCUT2D eigenvalue weighted by Gasteiger charge is -2.22. The lowest BCUT2D eigenvalue weighted by molar-refractivity contribution is 0.246. The van der Waals surface area contributed by atoms with Gasteiger partial charge in [-0.2, -0.15) is 0 Å². The normalized spacial score (nSPS) is 11.4. The Bertz CT molecular complexity index is 174. The smallest absolute Gasteiger partial charge is 0.0431 e. The molecule has 0 unspecified atom stereocenters. The van der Waals surface area contributed by atoms with E-state index >= 15 is 0 Å².